The number of alkyl carbamates (subject to hydrolysis) is 1. The molecule has 1 rings (SSSR count). The number of nitrogens with one attached hydrogen (secondary N) is 1. The summed E-state index contributed by atoms with van der Waals surface area (Å²) < 4.78 is 10.6. The number of nitro benzene ring substituents is 1. The lowest BCUT2D eigenvalue weighted by Gasteiger charge is -2.18. The van der Waals surface area contributed by atoms with Gasteiger partial charge in [0.1, 0.15) is 5.75 Å². The van der Waals surface area contributed by atoms with Crippen molar-refractivity contribution >= 4 is 19.9 Å². The van der Waals surface area contributed by atoms with E-state index in [0.29, 0.717) is 18.8 Å². The van der Waals surface area contributed by atoms with Gasteiger partial charge in [-0.2, -0.15) is 0 Å². The zero-order valence-electron chi connectivity index (χ0n) is 14.9. The molecule has 0 spiro atoms. The lowest BCUT2D eigenvalue weighted by atomic mass is 10.2. The summed E-state index contributed by atoms with van der Waals surface area (Å²) >= 11 is 0. The summed E-state index contributed by atoms with van der Waals surface area (Å²) in [6.45, 7) is 6.98. The van der Waals surface area contributed by atoms with Crippen molar-refractivity contribution in [3.63, 3.8) is 0 Å². The highest BCUT2D eigenvalue weighted by atomic mass is 28.3. The minimum absolute atomic E-state index is 0.0108. The number of aliphatic hydroxyl groups excluding tert-OH is 1. The molecule has 0 radical (unpaired) electrons. The van der Waals surface area contributed by atoms with Crippen LogP contribution in [0.15, 0.2) is 24.3 Å². The normalized spacial score (nSPS) is 12.3. The van der Waals surface area contributed by atoms with Crippen molar-refractivity contribution in [3.05, 3.63) is 34.4 Å². The van der Waals surface area contributed by atoms with Crippen molar-refractivity contribution in [2.45, 2.75) is 38.1 Å². The Labute approximate surface area is 148 Å². The van der Waals surface area contributed by atoms with Crippen molar-refractivity contribution in [2.24, 2.45) is 0 Å². The number of non-ortho nitro benzene ring substituents is 1. The van der Waals surface area contributed by atoms with Gasteiger partial charge in [-0.15, -0.1) is 0 Å². The number of hydrogen-bond donors (Lipinski definition) is 2. The number of benzene rings is 1. The molecule has 0 saturated carbocycles. The summed E-state index contributed by atoms with van der Waals surface area (Å²) in [5.41, 5.74) is -0.0108. The second-order valence-electron chi connectivity index (χ2n) is 6.86. The van der Waals surface area contributed by atoms with Gasteiger partial charge >= 0.3 is 6.09 Å². The summed E-state index contributed by atoms with van der Waals surface area (Å²) in [5, 5.41) is 22.5. The van der Waals surface area contributed by atoms with Crippen LogP contribution in [0.4, 0.5) is 10.5 Å². The van der Waals surface area contributed by atoms with Crippen LogP contribution >= 0.6 is 0 Å². The highest BCUT2D eigenvalue weighted by Gasteiger charge is 2.16. The maximum absolute atomic E-state index is 11.7. The lowest BCUT2D eigenvalue weighted by molar-refractivity contribution is -0.384. The van der Waals surface area contributed by atoms with Gasteiger partial charge in [-0.05, 0) is 18.2 Å². The Balaban J connectivity index is 2.31. The lowest BCUT2D eigenvalue weighted by Crippen LogP contribution is -2.39. The number of rotatable bonds is 10. The van der Waals surface area contributed by atoms with E-state index < -0.39 is 25.1 Å². The predicted molar refractivity (Wildman–Crippen MR) is 96.7 cm³/mol. The van der Waals surface area contributed by atoms with Crippen molar-refractivity contribution in [1.82, 2.24) is 5.32 Å². The number of ether oxygens (including phenoxy) is 2. The molecule has 0 aromatic heterocycles. The van der Waals surface area contributed by atoms with Gasteiger partial charge in [-0.3, -0.25) is 10.1 Å². The topological polar surface area (TPSA) is 111 Å². The van der Waals surface area contributed by atoms with E-state index in [4.69, 9.17) is 9.47 Å². The Morgan fingerprint density at radius 3 is 2.44 bits per heavy atom. The molecule has 2 N–H and O–H groups in total. The summed E-state index contributed by atoms with van der Waals surface area (Å²) in [5.74, 6) is 0.486. The summed E-state index contributed by atoms with van der Waals surface area (Å²) in [6.07, 6.45) is -0.163. The molecule has 1 amide bonds. The van der Waals surface area contributed by atoms with Crippen molar-refractivity contribution in [2.75, 3.05) is 19.8 Å². The van der Waals surface area contributed by atoms with Crippen LogP contribution in [-0.2, 0) is 4.74 Å². The molecule has 0 unspecified atom stereocenters. The fourth-order valence-electron chi connectivity index (χ4n) is 1.85. The smallest absolute Gasteiger partial charge is 0.407 e. The van der Waals surface area contributed by atoms with Crippen molar-refractivity contribution < 1.29 is 24.3 Å². The van der Waals surface area contributed by atoms with E-state index in [0.717, 1.165) is 6.04 Å². The molecule has 0 aliphatic carbocycles. The van der Waals surface area contributed by atoms with Gasteiger partial charge in [-0.1, -0.05) is 19.6 Å². The fraction of sp³-hybridized carbons (Fsp3) is 0.562. The number of carbonyl (C=O) groups is 1. The van der Waals surface area contributed by atoms with E-state index in [-0.39, 0.29) is 18.9 Å². The monoisotopic (exact) mass is 370 g/mol. The summed E-state index contributed by atoms with van der Waals surface area (Å²) in [6, 6.07) is 6.12. The third kappa shape index (κ3) is 9.06. The van der Waals surface area contributed by atoms with Crippen LogP contribution < -0.4 is 10.1 Å². The maximum Gasteiger partial charge on any atom is 0.407 e. The molecule has 1 aromatic rings. The van der Waals surface area contributed by atoms with Gasteiger partial charge in [0.2, 0.25) is 0 Å². The minimum Gasteiger partial charge on any atom is -0.494 e. The number of amides is 1. The molecule has 0 heterocycles. The first-order valence-corrected chi connectivity index (χ1v) is 11.8. The first kappa shape index (κ1) is 20.9. The molecule has 25 heavy (non-hydrogen) atoms. The molecule has 140 valence electrons. The van der Waals surface area contributed by atoms with Gasteiger partial charge in [0, 0.05) is 26.6 Å². The van der Waals surface area contributed by atoms with E-state index >= 15 is 0 Å². The number of nitro groups is 1. The van der Waals surface area contributed by atoms with Crippen LogP contribution in [0, 0.1) is 10.1 Å². The largest absolute Gasteiger partial charge is 0.494 e. The van der Waals surface area contributed by atoms with E-state index in [1.54, 1.807) is 0 Å². The second-order valence-corrected chi connectivity index (χ2v) is 12.5. The Morgan fingerprint density at radius 2 is 1.92 bits per heavy atom. The molecular formula is C16H26N2O6Si. The molecule has 8 nitrogen and oxygen atoms in total. The quantitative estimate of drug-likeness (QED) is 0.372. The summed E-state index contributed by atoms with van der Waals surface area (Å²) in [7, 11) is -1.26. The molecule has 1 aromatic carbocycles. The highest BCUT2D eigenvalue weighted by Crippen LogP contribution is 2.17. The molecule has 0 saturated heterocycles. The molecule has 0 fully saturated rings. The fourth-order valence-corrected chi connectivity index (χ4v) is 2.56. The molecule has 9 heteroatoms. The minimum atomic E-state index is -1.26. The maximum atomic E-state index is 11.7. The van der Waals surface area contributed by atoms with Gasteiger partial charge < -0.3 is 19.9 Å². The zero-order chi connectivity index (χ0) is 18.9. The van der Waals surface area contributed by atoms with E-state index in [9.17, 15) is 20.0 Å². The average molecular weight is 370 g/mol. The molecular weight excluding hydrogens is 344 g/mol. The van der Waals surface area contributed by atoms with Crippen LogP contribution in [0.25, 0.3) is 0 Å². The van der Waals surface area contributed by atoms with Crippen LogP contribution in [0.1, 0.15) is 6.42 Å². The third-order valence-corrected chi connectivity index (χ3v) is 5.11. The van der Waals surface area contributed by atoms with Gasteiger partial charge in [0.25, 0.3) is 5.69 Å². The van der Waals surface area contributed by atoms with Gasteiger partial charge in [-0.25, -0.2) is 4.79 Å². The standard InChI is InChI=1S/C16H26N2O6Si/c1-25(2,3)11-10-24-16(20)17-13(12-19)8-9-23-15-6-4-14(5-7-15)18(21)22/h4-7,13,19H,8-12H2,1-3H3,(H,17,20)/t13-/m1/s1. The van der Waals surface area contributed by atoms with Crippen molar-refractivity contribution in [3.8, 4) is 5.75 Å². The van der Waals surface area contributed by atoms with Crippen molar-refractivity contribution in [1.29, 1.82) is 0 Å². The number of aliphatic hydroxyl groups is 1. The predicted octanol–water partition coefficient (Wildman–Crippen LogP) is 2.79. The molecule has 0 aliphatic heterocycles. The number of hydrogen-bond acceptors (Lipinski definition) is 6. The highest BCUT2D eigenvalue weighted by molar-refractivity contribution is 6.76. The molecule has 1 atom stereocenters. The Hall–Kier alpha value is -2.13. The second kappa shape index (κ2) is 9.99. The summed E-state index contributed by atoms with van der Waals surface area (Å²) in [4.78, 5) is 21.8. The number of carbonyl (C=O) groups excluding carboxylic acids is 1. The molecule has 0 bridgehead atoms. The van der Waals surface area contributed by atoms with Gasteiger partial charge in [0.05, 0.1) is 30.8 Å². The first-order chi connectivity index (χ1) is 11.7. The SMILES string of the molecule is C[Si](C)(C)CCOC(=O)N[C@@H](CO)CCOc1ccc([N+](=O)[O-])cc1. The van der Waals surface area contributed by atoms with Crippen LogP contribution in [-0.4, -0.2) is 50.1 Å². The average Bonchev–Trinajstić information content (AvgIpc) is 2.53. The van der Waals surface area contributed by atoms with Crippen LogP contribution in [0.2, 0.25) is 25.7 Å². The van der Waals surface area contributed by atoms with Crippen LogP contribution in [0.3, 0.4) is 0 Å². The zero-order valence-corrected chi connectivity index (χ0v) is 15.9. The third-order valence-electron chi connectivity index (χ3n) is 3.41. The van der Waals surface area contributed by atoms with E-state index in [2.05, 4.69) is 25.0 Å². The Morgan fingerprint density at radius 1 is 1.28 bits per heavy atom. The Bertz CT molecular complexity index is 559. The molecule has 0 aliphatic rings. The van der Waals surface area contributed by atoms with Crippen LogP contribution in [0.5, 0.6) is 5.75 Å². The number of nitrogens with zero attached hydrogens (tertiary/aromatic N) is 1. The van der Waals surface area contributed by atoms with Gasteiger partial charge in [0.15, 0.2) is 0 Å². The van der Waals surface area contributed by atoms with E-state index in [1.807, 2.05) is 0 Å². The first-order valence-electron chi connectivity index (χ1n) is 8.12. The Kier molecular flexibility index (Phi) is 8.36. The van der Waals surface area contributed by atoms with E-state index in [1.165, 1.54) is 24.3 Å².